The average molecular weight is 915 g/mol. The van der Waals surface area contributed by atoms with Gasteiger partial charge in [-0.15, -0.1) is 0 Å². The summed E-state index contributed by atoms with van der Waals surface area (Å²) < 4.78 is 33.5. The van der Waals surface area contributed by atoms with Gasteiger partial charge in [-0.1, -0.05) is 147 Å². The molecule has 0 aromatic carbocycles. The van der Waals surface area contributed by atoms with Gasteiger partial charge in [-0.05, 0) is 44.9 Å². The van der Waals surface area contributed by atoms with Crippen LogP contribution < -0.4 is 0 Å². The molecule has 2 saturated heterocycles. The first kappa shape index (κ1) is 57.8. The fraction of sp³-hybridized carbons (Fsp3) is 0.837. The molecule has 2 rings (SSSR count). The van der Waals surface area contributed by atoms with E-state index in [1.807, 2.05) is 0 Å². The first-order valence-corrected chi connectivity index (χ1v) is 24.6. The molecule has 0 aromatic rings. The molecule has 2 aliphatic rings. The monoisotopic (exact) mass is 915 g/mol. The lowest BCUT2D eigenvalue weighted by Crippen LogP contribution is -2.61. The third kappa shape index (κ3) is 25.0. The summed E-state index contributed by atoms with van der Waals surface area (Å²) in [6, 6.07) is 0. The molecule has 1 unspecified atom stereocenters. The third-order valence-electron chi connectivity index (χ3n) is 11.6. The largest absolute Gasteiger partial charge is 0.462 e. The molecule has 0 saturated carbocycles. The van der Waals surface area contributed by atoms with E-state index in [1.165, 1.54) is 57.8 Å². The molecule has 15 heteroatoms. The van der Waals surface area contributed by atoms with Gasteiger partial charge in [0.25, 0.3) is 0 Å². The van der Waals surface area contributed by atoms with Crippen LogP contribution in [-0.4, -0.2) is 142 Å². The van der Waals surface area contributed by atoms with Crippen molar-refractivity contribution in [2.45, 2.75) is 235 Å². The molecule has 0 aromatic heterocycles. The summed E-state index contributed by atoms with van der Waals surface area (Å²) in [5.74, 6) is -0.943. The summed E-state index contributed by atoms with van der Waals surface area (Å²) >= 11 is 0. The van der Waals surface area contributed by atoms with Crippen molar-refractivity contribution in [3.05, 3.63) is 36.5 Å². The standard InChI is InChI=1S/C49H86O15/c1-3-5-7-9-11-13-15-17-18-20-22-24-26-28-30-32-41(52)62-37(34-59-40(51)31-29-27-25-23-21-19-16-14-12-10-8-6-4-2)35-60-48-47(58)45(56)43(54)39(64-48)36-61-49-46(57)44(55)42(53)38(33-50)63-49/h5,7,11,13,17-18,37-39,42-50,53-58H,3-4,6,8-10,12,14-16,19-36H2,1-2H3/b7-5-,13-11-,18-17-/t37?,38-,39+,42+,43-,44+,45-,46-,47+,48+,49+/m1/s1. The van der Waals surface area contributed by atoms with Crippen LogP contribution in [0.15, 0.2) is 36.5 Å². The second kappa shape index (κ2) is 36.8. The van der Waals surface area contributed by atoms with Crippen LogP contribution in [0.1, 0.15) is 168 Å². The van der Waals surface area contributed by atoms with E-state index in [0.29, 0.717) is 12.8 Å². The Kier molecular flexibility index (Phi) is 33.3. The smallest absolute Gasteiger partial charge is 0.306 e. The number of hydrogen-bond acceptors (Lipinski definition) is 15. The molecule has 2 aliphatic heterocycles. The zero-order valence-corrected chi connectivity index (χ0v) is 39.0. The fourth-order valence-electron chi connectivity index (χ4n) is 7.58. The highest BCUT2D eigenvalue weighted by Crippen LogP contribution is 2.26. The second-order valence-corrected chi connectivity index (χ2v) is 17.3. The number of carbonyl (C=O) groups is 2. The lowest BCUT2D eigenvalue weighted by Gasteiger charge is -2.42. The Morgan fingerprint density at radius 1 is 0.516 bits per heavy atom. The zero-order chi connectivity index (χ0) is 46.8. The van der Waals surface area contributed by atoms with E-state index in [2.05, 4.69) is 50.3 Å². The minimum Gasteiger partial charge on any atom is -0.462 e. The summed E-state index contributed by atoms with van der Waals surface area (Å²) in [5, 5.41) is 72.0. The van der Waals surface area contributed by atoms with E-state index in [4.69, 9.17) is 28.4 Å². The number of hydrogen-bond donors (Lipinski definition) is 7. The molecule has 64 heavy (non-hydrogen) atoms. The Hall–Kier alpha value is -2.28. The summed E-state index contributed by atoms with van der Waals surface area (Å²) in [6.07, 6.45) is 20.3. The quantitative estimate of drug-likeness (QED) is 0.0211. The summed E-state index contributed by atoms with van der Waals surface area (Å²) in [4.78, 5) is 25.7. The number of ether oxygens (including phenoxy) is 6. The molecule has 15 nitrogen and oxygen atoms in total. The molecule has 2 fully saturated rings. The Morgan fingerprint density at radius 2 is 0.984 bits per heavy atom. The fourth-order valence-corrected chi connectivity index (χ4v) is 7.58. The van der Waals surface area contributed by atoms with Gasteiger partial charge >= 0.3 is 11.9 Å². The molecule has 7 N–H and O–H groups in total. The minimum atomic E-state index is -1.77. The van der Waals surface area contributed by atoms with Crippen LogP contribution in [0, 0.1) is 0 Å². The molecule has 0 bridgehead atoms. The van der Waals surface area contributed by atoms with Gasteiger partial charge in [-0.3, -0.25) is 9.59 Å². The molecular weight excluding hydrogens is 829 g/mol. The number of carbonyl (C=O) groups excluding carboxylic acids is 2. The Bertz CT molecular complexity index is 1260. The van der Waals surface area contributed by atoms with E-state index in [1.54, 1.807) is 0 Å². The van der Waals surface area contributed by atoms with Crippen LogP contribution in [0.3, 0.4) is 0 Å². The number of allylic oxidation sites excluding steroid dienone is 6. The maximum absolute atomic E-state index is 13.0. The maximum Gasteiger partial charge on any atom is 0.306 e. The lowest BCUT2D eigenvalue weighted by molar-refractivity contribution is -0.332. The van der Waals surface area contributed by atoms with Crippen molar-refractivity contribution in [1.29, 1.82) is 0 Å². The van der Waals surface area contributed by atoms with E-state index < -0.39 is 92.7 Å². The molecule has 0 aliphatic carbocycles. The third-order valence-corrected chi connectivity index (χ3v) is 11.6. The predicted molar refractivity (Wildman–Crippen MR) is 243 cm³/mol. The first-order valence-electron chi connectivity index (χ1n) is 24.6. The van der Waals surface area contributed by atoms with Crippen molar-refractivity contribution < 1.29 is 73.8 Å². The Balaban J connectivity index is 1.84. The molecular formula is C49H86O15. The number of aliphatic hydroxyl groups is 7. The van der Waals surface area contributed by atoms with E-state index in [-0.39, 0.29) is 26.1 Å². The van der Waals surface area contributed by atoms with Gasteiger partial charge in [0.2, 0.25) is 0 Å². The van der Waals surface area contributed by atoms with Crippen LogP contribution in [0.4, 0.5) is 0 Å². The van der Waals surface area contributed by atoms with Crippen LogP contribution in [0.2, 0.25) is 0 Å². The van der Waals surface area contributed by atoms with Crippen LogP contribution >= 0.6 is 0 Å². The van der Waals surface area contributed by atoms with Gasteiger partial charge < -0.3 is 64.2 Å². The number of esters is 2. The zero-order valence-electron chi connectivity index (χ0n) is 39.0. The summed E-state index contributed by atoms with van der Waals surface area (Å²) in [6.45, 7) is 2.45. The van der Waals surface area contributed by atoms with Crippen LogP contribution in [0.5, 0.6) is 0 Å². The Morgan fingerprint density at radius 3 is 1.55 bits per heavy atom. The summed E-state index contributed by atoms with van der Waals surface area (Å²) in [7, 11) is 0. The number of unbranched alkanes of at least 4 members (excludes halogenated alkanes) is 17. The molecule has 11 atom stereocenters. The topological polar surface area (TPSA) is 231 Å². The highest BCUT2D eigenvalue weighted by Gasteiger charge is 2.47. The van der Waals surface area contributed by atoms with Gasteiger partial charge in [0.1, 0.15) is 55.4 Å². The SMILES string of the molecule is CC/C=C\C/C=C\C/C=C\CCCCCCCC(=O)OC(COC(=O)CCCCCCCCCCCCCCC)CO[C@H]1O[C@@H](CO[C@H]2O[C@H](CO)[C@H](O)[C@H](O)[C@H]2O)[C@@H](O)[C@@H](O)[C@@H]1O. The molecule has 372 valence electrons. The van der Waals surface area contributed by atoms with Gasteiger partial charge in [-0.2, -0.15) is 0 Å². The van der Waals surface area contributed by atoms with Gasteiger partial charge in [0.15, 0.2) is 18.7 Å². The normalized spacial score (nSPS) is 26.9. The first-order chi connectivity index (χ1) is 31.0. The number of aliphatic hydroxyl groups excluding tert-OH is 7. The predicted octanol–water partition coefficient (Wildman–Crippen LogP) is 6.15. The van der Waals surface area contributed by atoms with Crippen molar-refractivity contribution in [3.8, 4) is 0 Å². The van der Waals surface area contributed by atoms with Crippen LogP contribution in [0.25, 0.3) is 0 Å². The van der Waals surface area contributed by atoms with Crippen molar-refractivity contribution in [3.63, 3.8) is 0 Å². The van der Waals surface area contributed by atoms with Gasteiger partial charge in [0, 0.05) is 12.8 Å². The molecule has 2 heterocycles. The molecule has 0 amide bonds. The minimum absolute atomic E-state index is 0.147. The highest BCUT2D eigenvalue weighted by atomic mass is 16.7. The van der Waals surface area contributed by atoms with Crippen molar-refractivity contribution in [2.75, 3.05) is 26.4 Å². The molecule has 0 radical (unpaired) electrons. The average Bonchev–Trinajstić information content (AvgIpc) is 3.29. The van der Waals surface area contributed by atoms with Crippen molar-refractivity contribution in [2.24, 2.45) is 0 Å². The van der Waals surface area contributed by atoms with E-state index in [0.717, 1.165) is 70.6 Å². The summed E-state index contributed by atoms with van der Waals surface area (Å²) in [5.41, 5.74) is 0. The van der Waals surface area contributed by atoms with Crippen molar-refractivity contribution >= 4 is 11.9 Å². The molecule has 0 spiro atoms. The van der Waals surface area contributed by atoms with E-state index >= 15 is 0 Å². The second-order valence-electron chi connectivity index (χ2n) is 17.3. The lowest BCUT2D eigenvalue weighted by atomic mass is 9.98. The van der Waals surface area contributed by atoms with Gasteiger partial charge in [0.05, 0.1) is 19.8 Å². The Labute approximate surface area is 383 Å². The highest BCUT2D eigenvalue weighted by molar-refractivity contribution is 5.70. The maximum atomic E-state index is 13.0. The van der Waals surface area contributed by atoms with Gasteiger partial charge in [-0.25, -0.2) is 0 Å². The number of rotatable bonds is 37. The van der Waals surface area contributed by atoms with Crippen LogP contribution in [-0.2, 0) is 38.0 Å². The van der Waals surface area contributed by atoms with Crippen molar-refractivity contribution in [1.82, 2.24) is 0 Å². The van der Waals surface area contributed by atoms with E-state index in [9.17, 15) is 45.3 Å².